The molecule has 0 aliphatic rings. The minimum Gasteiger partial charge on any atom is -0.478 e. The number of halogens is 3. The van der Waals surface area contributed by atoms with Gasteiger partial charge in [-0.15, -0.1) is 0 Å². The molecule has 1 N–H and O–H groups in total. The molecule has 1 rings (SSSR count). The summed E-state index contributed by atoms with van der Waals surface area (Å²) >= 11 is 5.73. The summed E-state index contributed by atoms with van der Waals surface area (Å²) in [5, 5.41) is 8.52. The van der Waals surface area contributed by atoms with Crippen molar-refractivity contribution < 1.29 is 23.4 Å². The second-order valence-corrected chi connectivity index (χ2v) is 3.14. The molecule has 0 aromatic heterocycles. The number of hydrogen-bond acceptors (Lipinski definition) is 2. The lowest BCUT2D eigenvalue weighted by molar-refractivity contribution is -0.131. The van der Waals surface area contributed by atoms with Crippen molar-refractivity contribution in [1.29, 1.82) is 0 Å². The third kappa shape index (κ3) is 3.86. The Morgan fingerprint density at radius 3 is 2.69 bits per heavy atom. The first-order valence-corrected chi connectivity index (χ1v) is 4.52. The molecule has 1 aromatic rings. The summed E-state index contributed by atoms with van der Waals surface area (Å²) in [7, 11) is 0. The molecule has 0 saturated carbocycles. The fourth-order valence-electron chi connectivity index (χ4n) is 0.980. The van der Waals surface area contributed by atoms with Crippen molar-refractivity contribution in [2.24, 2.45) is 0 Å². The topological polar surface area (TPSA) is 46.5 Å². The van der Waals surface area contributed by atoms with Crippen LogP contribution in [-0.4, -0.2) is 17.7 Å². The zero-order chi connectivity index (χ0) is 12.1. The van der Waals surface area contributed by atoms with E-state index in [9.17, 15) is 13.6 Å². The maximum Gasteiger partial charge on any atom is 0.387 e. The zero-order valence-corrected chi connectivity index (χ0v) is 8.62. The van der Waals surface area contributed by atoms with Gasteiger partial charge in [-0.25, -0.2) is 4.79 Å². The Hall–Kier alpha value is -1.62. The smallest absolute Gasteiger partial charge is 0.387 e. The first kappa shape index (κ1) is 12.4. The lowest BCUT2D eigenvalue weighted by Crippen LogP contribution is -2.01. The molecule has 0 amide bonds. The fraction of sp³-hybridized carbons (Fsp3) is 0.100. The third-order valence-electron chi connectivity index (χ3n) is 1.60. The van der Waals surface area contributed by atoms with E-state index in [0.29, 0.717) is 5.56 Å². The highest BCUT2D eigenvalue weighted by molar-refractivity contribution is 6.32. The Balaban J connectivity index is 2.87. The maximum absolute atomic E-state index is 11.8. The minimum atomic E-state index is -2.92. The average Bonchev–Trinajstić information content (AvgIpc) is 2.15. The molecular weight excluding hydrogens is 242 g/mol. The molecule has 3 nitrogen and oxygen atoms in total. The molecule has 0 unspecified atom stereocenters. The van der Waals surface area contributed by atoms with E-state index in [-0.39, 0.29) is 10.8 Å². The molecule has 0 heterocycles. The molecule has 1 aromatic carbocycles. The average molecular weight is 249 g/mol. The van der Waals surface area contributed by atoms with Gasteiger partial charge >= 0.3 is 12.6 Å². The van der Waals surface area contributed by atoms with Crippen LogP contribution < -0.4 is 4.74 Å². The Bertz CT molecular complexity index is 419. The Labute approximate surface area is 94.9 Å². The van der Waals surface area contributed by atoms with E-state index in [1.807, 2.05) is 0 Å². The van der Waals surface area contributed by atoms with Gasteiger partial charge in [-0.3, -0.25) is 0 Å². The van der Waals surface area contributed by atoms with E-state index >= 15 is 0 Å². The molecule has 0 radical (unpaired) electrons. The highest BCUT2D eigenvalue weighted by atomic mass is 35.5. The summed E-state index contributed by atoms with van der Waals surface area (Å²) in [6, 6.07) is 3.86. The predicted molar refractivity (Wildman–Crippen MR) is 54.8 cm³/mol. The molecule has 0 aliphatic carbocycles. The first-order chi connectivity index (χ1) is 7.49. The predicted octanol–water partition coefficient (Wildman–Crippen LogP) is 3.04. The monoisotopic (exact) mass is 248 g/mol. The van der Waals surface area contributed by atoms with E-state index in [4.69, 9.17) is 16.7 Å². The maximum atomic E-state index is 11.8. The van der Waals surface area contributed by atoms with Crippen LogP contribution in [0.2, 0.25) is 5.02 Å². The first-order valence-electron chi connectivity index (χ1n) is 4.14. The van der Waals surface area contributed by atoms with Crippen LogP contribution in [0.4, 0.5) is 8.78 Å². The van der Waals surface area contributed by atoms with Gasteiger partial charge in [-0.05, 0) is 29.8 Å². The van der Waals surface area contributed by atoms with Crippen LogP contribution in [0.5, 0.6) is 5.75 Å². The zero-order valence-electron chi connectivity index (χ0n) is 7.86. The number of hydrogen-bond donors (Lipinski definition) is 1. The molecule has 0 spiro atoms. The molecule has 0 atom stereocenters. The van der Waals surface area contributed by atoms with Crippen molar-refractivity contribution in [2.45, 2.75) is 6.61 Å². The van der Waals surface area contributed by atoms with Gasteiger partial charge in [-0.2, -0.15) is 8.78 Å². The van der Waals surface area contributed by atoms with Crippen molar-refractivity contribution >= 4 is 23.6 Å². The van der Waals surface area contributed by atoms with Crippen molar-refractivity contribution in [2.75, 3.05) is 0 Å². The largest absolute Gasteiger partial charge is 0.478 e. The SMILES string of the molecule is O=C(O)/C=C/c1ccc(OC(F)F)cc1Cl. The van der Waals surface area contributed by atoms with E-state index in [1.165, 1.54) is 24.3 Å². The Morgan fingerprint density at radius 2 is 2.19 bits per heavy atom. The number of carbonyl (C=O) groups is 1. The molecule has 16 heavy (non-hydrogen) atoms. The van der Waals surface area contributed by atoms with Crippen LogP contribution in [0.3, 0.4) is 0 Å². The van der Waals surface area contributed by atoms with Crippen molar-refractivity contribution in [3.63, 3.8) is 0 Å². The number of rotatable bonds is 4. The van der Waals surface area contributed by atoms with Crippen LogP contribution in [0.25, 0.3) is 6.08 Å². The summed E-state index contributed by atoms with van der Waals surface area (Å²) in [5.74, 6) is -1.20. The molecule has 86 valence electrons. The summed E-state index contributed by atoms with van der Waals surface area (Å²) in [6.07, 6.45) is 2.16. The second-order valence-electron chi connectivity index (χ2n) is 2.73. The number of carboxylic acid groups (broad SMARTS) is 1. The molecule has 0 saturated heterocycles. The van der Waals surface area contributed by atoms with Gasteiger partial charge < -0.3 is 9.84 Å². The molecular formula is C10H7ClF2O3. The summed E-state index contributed by atoms with van der Waals surface area (Å²) in [5.41, 5.74) is 0.408. The fourth-order valence-corrected chi connectivity index (χ4v) is 1.21. The van der Waals surface area contributed by atoms with Crippen LogP contribution in [0, 0.1) is 0 Å². The van der Waals surface area contributed by atoms with Crippen LogP contribution >= 0.6 is 11.6 Å². The number of aliphatic carboxylic acids is 1. The normalized spacial score (nSPS) is 11.0. The van der Waals surface area contributed by atoms with Gasteiger partial charge in [0.15, 0.2) is 0 Å². The number of benzene rings is 1. The van der Waals surface area contributed by atoms with Crippen molar-refractivity contribution in [1.82, 2.24) is 0 Å². The Morgan fingerprint density at radius 1 is 1.50 bits per heavy atom. The van der Waals surface area contributed by atoms with Crippen LogP contribution in [-0.2, 0) is 4.79 Å². The minimum absolute atomic E-state index is 0.0764. The van der Waals surface area contributed by atoms with Gasteiger partial charge in [0.25, 0.3) is 0 Å². The lowest BCUT2D eigenvalue weighted by atomic mass is 10.2. The Kier molecular flexibility index (Phi) is 4.25. The highest BCUT2D eigenvalue weighted by Gasteiger charge is 2.06. The standard InChI is InChI=1S/C10H7ClF2O3/c11-8-5-7(16-10(12)13)3-1-6(8)2-4-9(14)15/h1-5,10H,(H,14,15)/b4-2+. The van der Waals surface area contributed by atoms with E-state index in [0.717, 1.165) is 6.08 Å². The van der Waals surface area contributed by atoms with Crippen molar-refractivity contribution in [3.05, 3.63) is 34.9 Å². The van der Waals surface area contributed by atoms with Crippen LogP contribution in [0.1, 0.15) is 5.56 Å². The van der Waals surface area contributed by atoms with Gasteiger partial charge in [0, 0.05) is 6.08 Å². The molecule has 0 bridgehead atoms. The molecule has 0 fully saturated rings. The number of ether oxygens (including phenoxy) is 1. The van der Waals surface area contributed by atoms with Crippen LogP contribution in [0.15, 0.2) is 24.3 Å². The quantitative estimate of drug-likeness (QED) is 0.833. The van der Waals surface area contributed by atoms with Gasteiger partial charge in [0.05, 0.1) is 5.02 Å². The van der Waals surface area contributed by atoms with E-state index in [2.05, 4.69) is 4.74 Å². The molecule has 0 aliphatic heterocycles. The van der Waals surface area contributed by atoms with Gasteiger partial charge in [-0.1, -0.05) is 11.6 Å². The van der Waals surface area contributed by atoms with Gasteiger partial charge in [0.1, 0.15) is 5.75 Å². The molecule has 6 heteroatoms. The highest BCUT2D eigenvalue weighted by Crippen LogP contribution is 2.24. The summed E-state index contributed by atoms with van der Waals surface area (Å²) in [4.78, 5) is 10.2. The second kappa shape index (κ2) is 5.46. The van der Waals surface area contributed by atoms with E-state index < -0.39 is 12.6 Å². The number of carboxylic acids is 1. The third-order valence-corrected chi connectivity index (χ3v) is 1.93. The number of alkyl halides is 2. The lowest BCUT2D eigenvalue weighted by Gasteiger charge is -2.05. The van der Waals surface area contributed by atoms with Gasteiger partial charge in [0.2, 0.25) is 0 Å². The van der Waals surface area contributed by atoms with Crippen molar-refractivity contribution in [3.8, 4) is 5.75 Å². The van der Waals surface area contributed by atoms with E-state index in [1.54, 1.807) is 0 Å². The summed E-state index contributed by atoms with van der Waals surface area (Å²) in [6.45, 7) is -2.92. The summed E-state index contributed by atoms with van der Waals surface area (Å²) < 4.78 is 27.8.